The second kappa shape index (κ2) is 7.07. The molecule has 0 unspecified atom stereocenters. The number of nitrogens with zero attached hydrogens (tertiary/aromatic N) is 1. The van der Waals surface area contributed by atoms with Gasteiger partial charge in [-0.25, -0.2) is 0 Å². The van der Waals surface area contributed by atoms with Crippen molar-refractivity contribution in [2.45, 2.75) is 45.6 Å². The minimum absolute atomic E-state index is 0.102. The van der Waals surface area contributed by atoms with Crippen molar-refractivity contribution >= 4 is 17.5 Å². The number of hydrogen-bond acceptors (Lipinski definition) is 2. The fourth-order valence-corrected chi connectivity index (χ4v) is 1.56. The van der Waals surface area contributed by atoms with Crippen LogP contribution in [0.15, 0.2) is 0 Å². The van der Waals surface area contributed by atoms with E-state index in [9.17, 15) is 9.90 Å². The molecule has 0 aromatic heterocycles. The highest BCUT2D eigenvalue weighted by atomic mass is 35.5. The maximum Gasteiger partial charge on any atom is 0.222 e. The Morgan fingerprint density at radius 1 is 1.40 bits per heavy atom. The van der Waals surface area contributed by atoms with Gasteiger partial charge in [-0.2, -0.15) is 0 Å². The summed E-state index contributed by atoms with van der Waals surface area (Å²) in [6, 6.07) is 0. The predicted molar refractivity (Wildman–Crippen MR) is 63.1 cm³/mol. The molecule has 0 aliphatic heterocycles. The number of carbonyl (C=O) groups excluding carboxylic acids is 1. The van der Waals surface area contributed by atoms with Crippen LogP contribution < -0.4 is 0 Å². The topological polar surface area (TPSA) is 40.5 Å². The lowest BCUT2D eigenvalue weighted by atomic mass is 10.1. The van der Waals surface area contributed by atoms with E-state index in [1.165, 1.54) is 0 Å². The van der Waals surface area contributed by atoms with Crippen LogP contribution in [0.4, 0.5) is 0 Å². The first kappa shape index (κ1) is 14.7. The zero-order valence-electron chi connectivity index (χ0n) is 9.92. The van der Waals surface area contributed by atoms with Gasteiger partial charge in [0.2, 0.25) is 5.91 Å². The van der Waals surface area contributed by atoms with Crippen molar-refractivity contribution in [2.24, 2.45) is 0 Å². The zero-order chi connectivity index (χ0) is 11.9. The number of likely N-dealkylation sites (N-methyl/N-ethyl adjacent to an activating group) is 1. The summed E-state index contributed by atoms with van der Waals surface area (Å²) in [5.41, 5.74) is -0.821. The van der Waals surface area contributed by atoms with Crippen molar-refractivity contribution in [1.82, 2.24) is 4.90 Å². The molecule has 90 valence electrons. The monoisotopic (exact) mass is 235 g/mol. The lowest BCUT2D eigenvalue weighted by molar-refractivity contribution is -0.134. The van der Waals surface area contributed by atoms with Gasteiger partial charge in [0.25, 0.3) is 0 Å². The Morgan fingerprint density at radius 2 is 2.00 bits per heavy atom. The lowest BCUT2D eigenvalue weighted by Gasteiger charge is -2.28. The molecule has 0 aromatic rings. The van der Waals surface area contributed by atoms with Gasteiger partial charge in [-0.3, -0.25) is 4.79 Å². The van der Waals surface area contributed by atoms with Gasteiger partial charge in [0.1, 0.15) is 0 Å². The molecule has 0 aliphatic carbocycles. The number of carbonyl (C=O) groups is 1. The van der Waals surface area contributed by atoms with Gasteiger partial charge < -0.3 is 10.0 Å². The van der Waals surface area contributed by atoms with Crippen LogP contribution in [0.1, 0.15) is 40.0 Å². The molecule has 0 fully saturated rings. The minimum Gasteiger partial charge on any atom is -0.389 e. The average molecular weight is 236 g/mol. The summed E-state index contributed by atoms with van der Waals surface area (Å²) in [6.07, 6.45) is 2.22. The quantitative estimate of drug-likeness (QED) is 0.542. The highest BCUT2D eigenvalue weighted by Crippen LogP contribution is 2.08. The van der Waals surface area contributed by atoms with E-state index >= 15 is 0 Å². The molecule has 3 nitrogen and oxygen atoms in total. The van der Waals surface area contributed by atoms with Crippen molar-refractivity contribution in [3.05, 3.63) is 0 Å². The van der Waals surface area contributed by atoms with Crippen LogP contribution in [0.2, 0.25) is 0 Å². The molecule has 15 heavy (non-hydrogen) atoms. The maximum absolute atomic E-state index is 11.7. The molecule has 1 N–H and O–H groups in total. The van der Waals surface area contributed by atoms with Crippen molar-refractivity contribution in [3.63, 3.8) is 0 Å². The molecule has 0 heterocycles. The maximum atomic E-state index is 11.7. The van der Waals surface area contributed by atoms with E-state index in [1.807, 2.05) is 6.92 Å². The third-order valence-electron chi connectivity index (χ3n) is 2.09. The van der Waals surface area contributed by atoms with Crippen LogP contribution in [0.25, 0.3) is 0 Å². The van der Waals surface area contributed by atoms with Gasteiger partial charge >= 0.3 is 0 Å². The normalized spacial score (nSPS) is 11.5. The van der Waals surface area contributed by atoms with E-state index < -0.39 is 5.60 Å². The van der Waals surface area contributed by atoms with Gasteiger partial charge in [0, 0.05) is 25.4 Å². The molecule has 0 aromatic carbocycles. The van der Waals surface area contributed by atoms with Gasteiger partial charge in [0.15, 0.2) is 0 Å². The Balaban J connectivity index is 4.00. The fraction of sp³-hybridized carbons (Fsp3) is 0.909. The molecule has 0 saturated heterocycles. The first-order chi connectivity index (χ1) is 6.90. The summed E-state index contributed by atoms with van der Waals surface area (Å²) in [7, 11) is 0. The van der Waals surface area contributed by atoms with Crippen LogP contribution in [0.5, 0.6) is 0 Å². The highest BCUT2D eigenvalue weighted by Gasteiger charge is 2.20. The molecular weight excluding hydrogens is 214 g/mol. The summed E-state index contributed by atoms with van der Waals surface area (Å²) in [6.45, 7) is 6.38. The summed E-state index contributed by atoms with van der Waals surface area (Å²) in [4.78, 5) is 13.4. The number of aliphatic hydroxyl groups is 1. The summed E-state index contributed by atoms with van der Waals surface area (Å²) in [5.74, 6) is 0.704. The Kier molecular flexibility index (Phi) is 6.94. The third-order valence-corrected chi connectivity index (χ3v) is 2.35. The van der Waals surface area contributed by atoms with Crippen LogP contribution in [-0.2, 0) is 4.79 Å². The average Bonchev–Trinajstić information content (AvgIpc) is 2.13. The van der Waals surface area contributed by atoms with Crippen LogP contribution in [0, 0.1) is 0 Å². The van der Waals surface area contributed by atoms with E-state index in [-0.39, 0.29) is 5.91 Å². The zero-order valence-corrected chi connectivity index (χ0v) is 10.7. The van der Waals surface area contributed by atoms with Crippen LogP contribution >= 0.6 is 11.6 Å². The van der Waals surface area contributed by atoms with Crippen molar-refractivity contribution < 1.29 is 9.90 Å². The Bertz CT molecular complexity index is 190. The van der Waals surface area contributed by atoms with Crippen molar-refractivity contribution in [2.75, 3.05) is 19.0 Å². The molecular formula is C11H22ClNO2. The van der Waals surface area contributed by atoms with Gasteiger partial charge in [-0.1, -0.05) is 0 Å². The SMILES string of the molecule is CCN(CC(C)(C)O)C(=O)CCCCCl. The molecule has 0 atom stereocenters. The Labute approximate surface area is 97.4 Å². The second-order valence-electron chi connectivity index (χ2n) is 4.37. The molecule has 0 spiro atoms. The first-order valence-electron chi connectivity index (χ1n) is 5.47. The van der Waals surface area contributed by atoms with E-state index in [0.717, 1.165) is 12.8 Å². The third kappa shape index (κ3) is 7.63. The van der Waals surface area contributed by atoms with E-state index in [0.29, 0.717) is 25.4 Å². The second-order valence-corrected chi connectivity index (χ2v) is 4.74. The van der Waals surface area contributed by atoms with Gasteiger partial charge in [-0.05, 0) is 33.6 Å². The van der Waals surface area contributed by atoms with E-state index in [1.54, 1.807) is 18.7 Å². The van der Waals surface area contributed by atoms with E-state index in [2.05, 4.69) is 0 Å². The smallest absolute Gasteiger partial charge is 0.222 e. The number of hydrogen-bond donors (Lipinski definition) is 1. The number of rotatable bonds is 7. The highest BCUT2D eigenvalue weighted by molar-refractivity contribution is 6.17. The lowest BCUT2D eigenvalue weighted by Crippen LogP contribution is -2.42. The summed E-state index contributed by atoms with van der Waals surface area (Å²) >= 11 is 5.54. The van der Waals surface area contributed by atoms with E-state index in [4.69, 9.17) is 11.6 Å². The van der Waals surface area contributed by atoms with Crippen molar-refractivity contribution in [1.29, 1.82) is 0 Å². The number of halogens is 1. The minimum atomic E-state index is -0.821. The molecule has 1 amide bonds. The van der Waals surface area contributed by atoms with Gasteiger partial charge in [0.05, 0.1) is 5.60 Å². The Hall–Kier alpha value is -0.280. The summed E-state index contributed by atoms with van der Waals surface area (Å²) in [5, 5.41) is 9.62. The first-order valence-corrected chi connectivity index (χ1v) is 6.00. The molecule has 0 rings (SSSR count). The van der Waals surface area contributed by atoms with Crippen LogP contribution in [0.3, 0.4) is 0 Å². The Morgan fingerprint density at radius 3 is 2.40 bits per heavy atom. The molecule has 0 radical (unpaired) electrons. The standard InChI is InChI=1S/C11H22ClNO2/c1-4-13(9-11(2,3)15)10(14)7-5-6-8-12/h15H,4-9H2,1-3H3. The largest absolute Gasteiger partial charge is 0.389 e. The van der Waals surface area contributed by atoms with Crippen molar-refractivity contribution in [3.8, 4) is 0 Å². The molecule has 0 saturated carbocycles. The molecule has 0 aliphatic rings. The fourth-order valence-electron chi connectivity index (χ4n) is 1.37. The molecule has 4 heteroatoms. The van der Waals surface area contributed by atoms with Crippen LogP contribution in [-0.4, -0.2) is 40.5 Å². The predicted octanol–water partition coefficient (Wildman–Crippen LogP) is 2.01. The number of amides is 1. The summed E-state index contributed by atoms with van der Waals surface area (Å²) < 4.78 is 0. The number of unbranched alkanes of at least 4 members (excludes halogenated alkanes) is 1. The molecule has 0 bridgehead atoms. The number of alkyl halides is 1. The van der Waals surface area contributed by atoms with Gasteiger partial charge in [-0.15, -0.1) is 11.6 Å².